The summed E-state index contributed by atoms with van der Waals surface area (Å²) in [5, 5.41) is 0. The number of hydrogen-bond acceptors (Lipinski definition) is 1. The summed E-state index contributed by atoms with van der Waals surface area (Å²) >= 11 is 0. The molecule has 1 heterocycles. The van der Waals surface area contributed by atoms with Gasteiger partial charge in [-0.25, -0.2) is 0 Å². The number of aryl methyl sites for hydroxylation is 1. The molecule has 0 amide bonds. The average molecular weight is 152 g/mol. The van der Waals surface area contributed by atoms with E-state index in [1.165, 1.54) is 17.0 Å². The summed E-state index contributed by atoms with van der Waals surface area (Å²) < 4.78 is 2.17. The van der Waals surface area contributed by atoms with Crippen molar-refractivity contribution >= 4 is 0 Å². The first kappa shape index (κ1) is 8.34. The van der Waals surface area contributed by atoms with Crippen LogP contribution < -0.4 is 5.73 Å². The monoisotopic (exact) mass is 152 g/mol. The van der Waals surface area contributed by atoms with Gasteiger partial charge in [0.2, 0.25) is 0 Å². The first-order valence-corrected chi connectivity index (χ1v) is 3.92. The van der Waals surface area contributed by atoms with Gasteiger partial charge in [-0.1, -0.05) is 0 Å². The molecule has 0 aliphatic carbocycles. The molecule has 2 nitrogen and oxygen atoms in total. The van der Waals surface area contributed by atoms with E-state index < -0.39 is 0 Å². The van der Waals surface area contributed by atoms with E-state index in [4.69, 9.17) is 5.73 Å². The molecular formula is C9H16N2. The van der Waals surface area contributed by atoms with E-state index in [-0.39, 0.29) is 6.04 Å². The minimum absolute atomic E-state index is 0.148. The van der Waals surface area contributed by atoms with E-state index >= 15 is 0 Å². The van der Waals surface area contributed by atoms with E-state index in [9.17, 15) is 0 Å². The molecule has 1 atom stereocenters. The lowest BCUT2D eigenvalue weighted by Gasteiger charge is -2.04. The summed E-state index contributed by atoms with van der Waals surface area (Å²) in [7, 11) is 2.07. The zero-order valence-corrected chi connectivity index (χ0v) is 7.68. The maximum absolute atomic E-state index is 5.78. The van der Waals surface area contributed by atoms with Gasteiger partial charge in [0.05, 0.1) is 0 Å². The van der Waals surface area contributed by atoms with E-state index in [0.29, 0.717) is 0 Å². The summed E-state index contributed by atoms with van der Waals surface area (Å²) in [4.78, 5) is 0. The number of rotatable bonds is 1. The lowest BCUT2D eigenvalue weighted by molar-refractivity contribution is 0.782. The van der Waals surface area contributed by atoms with Gasteiger partial charge in [0, 0.05) is 24.5 Å². The Morgan fingerprint density at radius 1 is 1.45 bits per heavy atom. The van der Waals surface area contributed by atoms with E-state index in [2.05, 4.69) is 31.5 Å². The second-order valence-corrected chi connectivity index (χ2v) is 3.17. The SMILES string of the molecule is Cc1cc([C@@H](C)N)c(C)n1C. The van der Waals surface area contributed by atoms with Crippen molar-refractivity contribution in [2.75, 3.05) is 0 Å². The van der Waals surface area contributed by atoms with Gasteiger partial charge in [-0.05, 0) is 32.4 Å². The van der Waals surface area contributed by atoms with Gasteiger partial charge < -0.3 is 10.3 Å². The molecule has 0 spiro atoms. The zero-order valence-electron chi connectivity index (χ0n) is 7.68. The van der Waals surface area contributed by atoms with E-state index in [1.54, 1.807) is 0 Å². The highest BCUT2D eigenvalue weighted by Gasteiger charge is 2.08. The van der Waals surface area contributed by atoms with Crippen molar-refractivity contribution in [3.8, 4) is 0 Å². The van der Waals surface area contributed by atoms with Crippen LogP contribution in [0.3, 0.4) is 0 Å². The van der Waals surface area contributed by atoms with Crippen molar-refractivity contribution in [3.05, 3.63) is 23.0 Å². The van der Waals surface area contributed by atoms with Crippen LogP contribution in [0, 0.1) is 13.8 Å². The van der Waals surface area contributed by atoms with Crippen LogP contribution in [0.5, 0.6) is 0 Å². The van der Waals surface area contributed by atoms with Gasteiger partial charge in [0.1, 0.15) is 0 Å². The number of nitrogens with zero attached hydrogens (tertiary/aromatic N) is 1. The molecule has 1 aromatic rings. The lowest BCUT2D eigenvalue weighted by Crippen LogP contribution is -2.06. The molecule has 0 unspecified atom stereocenters. The molecule has 62 valence electrons. The third-order valence-electron chi connectivity index (χ3n) is 2.30. The molecule has 0 bridgehead atoms. The molecule has 0 saturated heterocycles. The fraction of sp³-hybridized carbons (Fsp3) is 0.556. The normalized spacial score (nSPS) is 13.5. The van der Waals surface area contributed by atoms with Crippen LogP contribution >= 0.6 is 0 Å². The highest BCUT2D eigenvalue weighted by atomic mass is 15.0. The molecule has 0 fully saturated rings. The molecule has 11 heavy (non-hydrogen) atoms. The van der Waals surface area contributed by atoms with Gasteiger partial charge in [-0.3, -0.25) is 0 Å². The van der Waals surface area contributed by atoms with Crippen LogP contribution in [0.25, 0.3) is 0 Å². The van der Waals surface area contributed by atoms with Crippen LogP contribution in [-0.4, -0.2) is 4.57 Å². The minimum atomic E-state index is 0.148. The van der Waals surface area contributed by atoms with Crippen molar-refractivity contribution in [2.24, 2.45) is 12.8 Å². The van der Waals surface area contributed by atoms with Gasteiger partial charge in [-0.15, -0.1) is 0 Å². The van der Waals surface area contributed by atoms with Crippen LogP contribution in [0.4, 0.5) is 0 Å². The second kappa shape index (κ2) is 2.70. The maximum Gasteiger partial charge on any atom is 0.0284 e. The molecule has 1 aromatic heterocycles. The first-order valence-electron chi connectivity index (χ1n) is 3.92. The molecule has 2 N–H and O–H groups in total. The summed E-state index contributed by atoms with van der Waals surface area (Å²) in [6, 6.07) is 2.30. The Labute approximate surface area is 68.0 Å². The van der Waals surface area contributed by atoms with Crippen molar-refractivity contribution in [1.82, 2.24) is 4.57 Å². The van der Waals surface area contributed by atoms with Crippen molar-refractivity contribution in [1.29, 1.82) is 0 Å². The summed E-state index contributed by atoms with van der Waals surface area (Å²) in [5.74, 6) is 0. The highest BCUT2D eigenvalue weighted by Crippen LogP contribution is 2.18. The number of hydrogen-bond donors (Lipinski definition) is 1. The first-order chi connectivity index (χ1) is 5.04. The largest absolute Gasteiger partial charge is 0.352 e. The average Bonchev–Trinajstić information content (AvgIpc) is 2.17. The molecule has 0 aromatic carbocycles. The topological polar surface area (TPSA) is 30.9 Å². The number of nitrogens with two attached hydrogens (primary N) is 1. The van der Waals surface area contributed by atoms with E-state index in [0.717, 1.165) is 0 Å². The smallest absolute Gasteiger partial charge is 0.0284 e. The maximum atomic E-state index is 5.78. The Bertz CT molecular complexity index is 259. The second-order valence-electron chi connectivity index (χ2n) is 3.17. The Morgan fingerprint density at radius 3 is 2.18 bits per heavy atom. The molecule has 2 heteroatoms. The lowest BCUT2D eigenvalue weighted by atomic mass is 10.1. The minimum Gasteiger partial charge on any atom is -0.352 e. The Morgan fingerprint density at radius 2 is 2.00 bits per heavy atom. The Kier molecular flexibility index (Phi) is 2.05. The van der Waals surface area contributed by atoms with Crippen molar-refractivity contribution in [2.45, 2.75) is 26.8 Å². The number of aromatic nitrogens is 1. The summed E-state index contributed by atoms with van der Waals surface area (Å²) in [6.07, 6.45) is 0. The molecule has 1 rings (SSSR count). The fourth-order valence-corrected chi connectivity index (χ4v) is 1.35. The molecule has 0 saturated carbocycles. The third kappa shape index (κ3) is 1.31. The zero-order chi connectivity index (χ0) is 8.59. The van der Waals surface area contributed by atoms with Crippen LogP contribution in [-0.2, 0) is 7.05 Å². The van der Waals surface area contributed by atoms with Gasteiger partial charge in [0.15, 0.2) is 0 Å². The molecule has 0 radical (unpaired) electrons. The van der Waals surface area contributed by atoms with Gasteiger partial charge in [0.25, 0.3) is 0 Å². The Hall–Kier alpha value is -0.760. The van der Waals surface area contributed by atoms with Crippen LogP contribution in [0.15, 0.2) is 6.07 Å². The van der Waals surface area contributed by atoms with Crippen molar-refractivity contribution in [3.63, 3.8) is 0 Å². The Balaban J connectivity index is 3.19. The third-order valence-corrected chi connectivity index (χ3v) is 2.30. The standard InChI is InChI=1S/C9H16N2/c1-6-5-9(7(2)10)8(3)11(6)4/h5,7H,10H2,1-4H3/t7-/m1/s1. The predicted molar refractivity (Wildman–Crippen MR) is 47.5 cm³/mol. The van der Waals surface area contributed by atoms with E-state index in [1.807, 2.05) is 6.92 Å². The predicted octanol–water partition coefficient (Wildman–Crippen LogP) is 1.66. The highest BCUT2D eigenvalue weighted by molar-refractivity contribution is 5.28. The quantitative estimate of drug-likeness (QED) is 0.652. The molecular weight excluding hydrogens is 136 g/mol. The van der Waals surface area contributed by atoms with Crippen molar-refractivity contribution < 1.29 is 0 Å². The fourth-order valence-electron chi connectivity index (χ4n) is 1.35. The van der Waals surface area contributed by atoms with Crippen LogP contribution in [0.2, 0.25) is 0 Å². The molecule has 0 aliphatic rings. The van der Waals surface area contributed by atoms with Gasteiger partial charge >= 0.3 is 0 Å². The summed E-state index contributed by atoms with van der Waals surface area (Å²) in [5.41, 5.74) is 9.59. The summed E-state index contributed by atoms with van der Waals surface area (Å²) in [6.45, 7) is 6.21. The van der Waals surface area contributed by atoms with Crippen LogP contribution in [0.1, 0.15) is 29.9 Å². The molecule has 0 aliphatic heterocycles. The van der Waals surface area contributed by atoms with Gasteiger partial charge in [-0.2, -0.15) is 0 Å².